The summed E-state index contributed by atoms with van der Waals surface area (Å²) in [6.45, 7) is 1.72. The summed E-state index contributed by atoms with van der Waals surface area (Å²) in [4.78, 5) is 30.4. The van der Waals surface area contributed by atoms with E-state index < -0.39 is 28.3 Å². The van der Waals surface area contributed by atoms with Crippen LogP contribution in [-0.2, 0) is 17.3 Å². The van der Waals surface area contributed by atoms with Crippen LogP contribution in [0.25, 0.3) is 16.7 Å². The van der Waals surface area contributed by atoms with Gasteiger partial charge in [0.05, 0.1) is 34.4 Å². The topological polar surface area (TPSA) is 76.5 Å². The molecule has 3 rings (SSSR count). The highest BCUT2D eigenvalue weighted by Gasteiger charge is 2.34. The molecule has 0 aliphatic carbocycles. The third kappa shape index (κ3) is 2.64. The molecule has 0 aliphatic heterocycles. The van der Waals surface area contributed by atoms with Gasteiger partial charge in [-0.3, -0.25) is 9.20 Å². The Balaban J connectivity index is 2.49. The molecule has 0 saturated carbocycles. The highest BCUT2D eigenvalue weighted by atomic mass is 35.5. The molecule has 0 unspecified atom stereocenters. The molecule has 0 radical (unpaired) electrons. The number of hydrogen-bond donors (Lipinski definition) is 1. The Labute approximate surface area is 143 Å². The number of nitrogens with zero attached hydrogens (tertiary/aromatic N) is 2. The van der Waals surface area contributed by atoms with E-state index in [-0.39, 0.29) is 22.4 Å². The van der Waals surface area contributed by atoms with Gasteiger partial charge in [-0.05, 0) is 18.6 Å². The lowest BCUT2D eigenvalue weighted by atomic mass is 10.1. The van der Waals surface area contributed by atoms with Gasteiger partial charge >= 0.3 is 12.1 Å². The molecular weight excluding hydrogens is 363 g/mol. The molecule has 0 spiro atoms. The van der Waals surface area contributed by atoms with Crippen LogP contribution in [0.4, 0.5) is 13.2 Å². The maximum absolute atomic E-state index is 13.0. The van der Waals surface area contributed by atoms with E-state index in [1.54, 1.807) is 6.92 Å². The molecule has 0 amide bonds. The Hall–Kier alpha value is -2.55. The van der Waals surface area contributed by atoms with Gasteiger partial charge in [0.2, 0.25) is 5.65 Å². The number of benzene rings is 1. The van der Waals surface area contributed by atoms with Crippen molar-refractivity contribution in [2.75, 3.05) is 7.11 Å². The standard InChI is InChI=1S/C15H11ClF3N3O3/c1-3-9-11(14(24)25-2)21-12-13(23)20-8-4-6(15(17,18)19)7(16)5-10(8)22(9)12/h4-5H,3H2,1-2H3,(H,20,23). The molecule has 0 bridgehead atoms. The van der Waals surface area contributed by atoms with E-state index in [1.165, 1.54) is 11.5 Å². The SMILES string of the molecule is CCc1c(C(=O)OC)nc2c(=O)[nH]c3cc(C(F)(F)F)c(Cl)cc3n12. The number of carbonyl (C=O) groups excluding carboxylic acids is 1. The Kier molecular flexibility index (Phi) is 3.98. The minimum Gasteiger partial charge on any atom is -0.464 e. The molecule has 0 aliphatic rings. The fraction of sp³-hybridized carbons (Fsp3) is 0.267. The lowest BCUT2D eigenvalue weighted by molar-refractivity contribution is -0.137. The summed E-state index contributed by atoms with van der Waals surface area (Å²) >= 11 is 5.78. The number of aryl methyl sites for hydroxylation is 1. The van der Waals surface area contributed by atoms with Crippen molar-refractivity contribution >= 4 is 34.3 Å². The Morgan fingerprint density at radius 3 is 2.64 bits per heavy atom. The van der Waals surface area contributed by atoms with Crippen LogP contribution in [0.15, 0.2) is 16.9 Å². The van der Waals surface area contributed by atoms with Crippen LogP contribution in [0.5, 0.6) is 0 Å². The Morgan fingerprint density at radius 2 is 2.08 bits per heavy atom. The van der Waals surface area contributed by atoms with Crippen molar-refractivity contribution in [3.05, 3.63) is 44.5 Å². The van der Waals surface area contributed by atoms with Crippen molar-refractivity contribution in [1.82, 2.24) is 14.4 Å². The van der Waals surface area contributed by atoms with Crippen LogP contribution in [0.1, 0.15) is 28.7 Å². The number of aromatic amines is 1. The quantitative estimate of drug-likeness (QED) is 0.700. The second kappa shape index (κ2) is 5.76. The summed E-state index contributed by atoms with van der Waals surface area (Å²) < 4.78 is 45.1. The van der Waals surface area contributed by atoms with E-state index in [4.69, 9.17) is 11.6 Å². The highest BCUT2D eigenvalue weighted by molar-refractivity contribution is 6.32. The van der Waals surface area contributed by atoms with Crippen LogP contribution < -0.4 is 5.56 Å². The highest BCUT2D eigenvalue weighted by Crippen LogP contribution is 2.36. The Bertz CT molecular complexity index is 1070. The summed E-state index contributed by atoms with van der Waals surface area (Å²) in [6.07, 6.45) is -4.38. The van der Waals surface area contributed by atoms with Crippen molar-refractivity contribution in [1.29, 1.82) is 0 Å². The van der Waals surface area contributed by atoms with Crippen molar-refractivity contribution in [2.45, 2.75) is 19.5 Å². The molecule has 10 heteroatoms. The molecule has 2 aromatic heterocycles. The van der Waals surface area contributed by atoms with Crippen molar-refractivity contribution in [3.8, 4) is 0 Å². The van der Waals surface area contributed by atoms with Gasteiger partial charge in [-0.15, -0.1) is 0 Å². The number of carbonyl (C=O) groups is 1. The molecule has 0 fully saturated rings. The number of rotatable bonds is 2. The summed E-state index contributed by atoms with van der Waals surface area (Å²) in [5.41, 5.74) is -1.52. The molecule has 0 saturated heterocycles. The smallest absolute Gasteiger partial charge is 0.417 e. The first-order chi connectivity index (χ1) is 11.7. The molecular formula is C15H11ClF3N3O3. The van der Waals surface area contributed by atoms with Gasteiger partial charge in [-0.25, -0.2) is 9.78 Å². The maximum atomic E-state index is 13.0. The van der Waals surface area contributed by atoms with Crippen molar-refractivity contribution < 1.29 is 22.7 Å². The molecule has 2 heterocycles. The molecule has 1 N–H and O–H groups in total. The number of nitrogens with one attached hydrogen (secondary N) is 1. The summed E-state index contributed by atoms with van der Waals surface area (Å²) in [5.74, 6) is -0.744. The maximum Gasteiger partial charge on any atom is 0.417 e. The molecule has 25 heavy (non-hydrogen) atoms. The molecule has 0 atom stereocenters. The van der Waals surface area contributed by atoms with E-state index in [0.717, 1.165) is 12.1 Å². The van der Waals surface area contributed by atoms with Crippen LogP contribution >= 0.6 is 11.6 Å². The first-order valence-corrected chi connectivity index (χ1v) is 7.49. The van der Waals surface area contributed by atoms with Crippen molar-refractivity contribution in [2.24, 2.45) is 0 Å². The van der Waals surface area contributed by atoms with Gasteiger partial charge in [0.15, 0.2) is 5.69 Å². The number of fused-ring (bicyclic) bond motifs is 3. The fourth-order valence-electron chi connectivity index (χ4n) is 2.69. The molecule has 132 valence electrons. The average molecular weight is 374 g/mol. The third-order valence-electron chi connectivity index (χ3n) is 3.77. The van der Waals surface area contributed by atoms with Crippen LogP contribution in [0, 0.1) is 0 Å². The van der Waals surface area contributed by atoms with Gasteiger partial charge in [0.25, 0.3) is 5.56 Å². The van der Waals surface area contributed by atoms with Gasteiger partial charge in [0, 0.05) is 0 Å². The molecule has 3 aromatic rings. The predicted molar refractivity (Wildman–Crippen MR) is 84.0 cm³/mol. The monoisotopic (exact) mass is 373 g/mol. The largest absolute Gasteiger partial charge is 0.464 e. The van der Waals surface area contributed by atoms with Crippen molar-refractivity contribution in [3.63, 3.8) is 0 Å². The molecule has 1 aromatic carbocycles. The fourth-order valence-corrected chi connectivity index (χ4v) is 2.96. The van der Waals surface area contributed by atoms with E-state index in [1.807, 2.05) is 0 Å². The second-order valence-electron chi connectivity index (χ2n) is 5.21. The number of ether oxygens (including phenoxy) is 1. The Morgan fingerprint density at radius 1 is 1.40 bits per heavy atom. The van der Waals surface area contributed by atoms with E-state index in [2.05, 4.69) is 14.7 Å². The number of hydrogen-bond acceptors (Lipinski definition) is 4. The zero-order valence-corrected chi connectivity index (χ0v) is 13.7. The minimum absolute atomic E-state index is 0.0704. The third-order valence-corrected chi connectivity index (χ3v) is 4.08. The van der Waals surface area contributed by atoms with E-state index in [0.29, 0.717) is 12.1 Å². The second-order valence-corrected chi connectivity index (χ2v) is 5.62. The number of aromatic nitrogens is 3. The first-order valence-electron chi connectivity index (χ1n) is 7.11. The number of esters is 1. The number of H-pyrrole nitrogens is 1. The number of alkyl halides is 3. The van der Waals surface area contributed by atoms with Crippen LogP contribution in [0.3, 0.4) is 0 Å². The summed E-state index contributed by atoms with van der Waals surface area (Å²) in [7, 11) is 1.17. The number of halogens is 4. The number of imidazole rings is 1. The normalized spacial score (nSPS) is 12.1. The van der Waals surface area contributed by atoms with Gasteiger partial charge < -0.3 is 9.72 Å². The zero-order valence-electron chi connectivity index (χ0n) is 13.0. The lowest BCUT2D eigenvalue weighted by Gasteiger charge is -2.12. The predicted octanol–water partition coefficient (Wildman–Crippen LogP) is 3.20. The van der Waals surface area contributed by atoms with Gasteiger partial charge in [0.1, 0.15) is 0 Å². The lowest BCUT2D eigenvalue weighted by Crippen LogP contribution is -2.13. The average Bonchev–Trinajstić information content (AvgIpc) is 2.93. The van der Waals surface area contributed by atoms with Gasteiger partial charge in [-0.2, -0.15) is 13.2 Å². The van der Waals surface area contributed by atoms with Crippen LogP contribution in [0.2, 0.25) is 5.02 Å². The van der Waals surface area contributed by atoms with E-state index >= 15 is 0 Å². The van der Waals surface area contributed by atoms with E-state index in [9.17, 15) is 22.8 Å². The zero-order chi connectivity index (χ0) is 18.5. The molecule has 6 nitrogen and oxygen atoms in total. The van der Waals surface area contributed by atoms with Crippen LogP contribution in [-0.4, -0.2) is 27.4 Å². The van der Waals surface area contributed by atoms with Gasteiger partial charge in [-0.1, -0.05) is 18.5 Å². The summed E-state index contributed by atoms with van der Waals surface area (Å²) in [6, 6.07) is 1.85. The number of methoxy groups -OCH3 is 1. The minimum atomic E-state index is -4.67. The first kappa shape index (κ1) is 17.3. The summed E-state index contributed by atoms with van der Waals surface area (Å²) in [5, 5.41) is -0.524.